The minimum Gasteiger partial charge on any atom is -0.454 e. The Morgan fingerprint density at radius 1 is 1.07 bits per heavy atom. The third kappa shape index (κ3) is 4.54. The molecule has 2 N–H and O–H groups in total. The quantitative estimate of drug-likeness (QED) is 0.485. The lowest BCUT2D eigenvalue weighted by Gasteiger charge is -2.21. The molecule has 1 aromatic rings. The highest BCUT2D eigenvalue weighted by Crippen LogP contribution is 2.24. The van der Waals surface area contributed by atoms with E-state index in [1.807, 2.05) is 6.92 Å². The van der Waals surface area contributed by atoms with Crippen LogP contribution in [0.5, 0.6) is 0 Å². The molecule has 28 heavy (non-hydrogen) atoms. The van der Waals surface area contributed by atoms with Crippen molar-refractivity contribution in [1.82, 2.24) is 15.5 Å². The van der Waals surface area contributed by atoms with Gasteiger partial charge in [-0.05, 0) is 32.4 Å². The van der Waals surface area contributed by atoms with Gasteiger partial charge in [0.2, 0.25) is 5.91 Å². The molecule has 1 heterocycles. The lowest BCUT2D eigenvalue weighted by atomic mass is 10.1. The number of carbonyl (C=O) groups is 5. The second kappa shape index (κ2) is 9.12. The van der Waals surface area contributed by atoms with Crippen molar-refractivity contribution in [2.45, 2.75) is 39.3 Å². The lowest BCUT2D eigenvalue weighted by molar-refractivity contribution is -0.152. The molecule has 2 rings (SSSR count). The predicted octanol–water partition coefficient (Wildman–Crippen LogP) is 0.245. The van der Waals surface area contributed by atoms with Crippen molar-refractivity contribution >= 4 is 29.6 Å². The van der Waals surface area contributed by atoms with Gasteiger partial charge in [0.1, 0.15) is 12.1 Å². The summed E-state index contributed by atoms with van der Waals surface area (Å²) >= 11 is 0. The van der Waals surface area contributed by atoms with E-state index in [9.17, 15) is 24.0 Å². The number of carbonyl (C=O) groups excluding carboxylic acids is 5. The molecule has 0 saturated heterocycles. The van der Waals surface area contributed by atoms with E-state index in [2.05, 4.69) is 10.6 Å². The molecule has 2 atom stereocenters. The first-order chi connectivity index (χ1) is 13.3. The number of fused-ring (bicyclic) bond motifs is 1. The zero-order chi connectivity index (χ0) is 20.8. The number of rotatable bonds is 8. The van der Waals surface area contributed by atoms with Gasteiger partial charge in [-0.2, -0.15) is 0 Å². The van der Waals surface area contributed by atoms with Gasteiger partial charge in [0.05, 0.1) is 11.1 Å². The van der Waals surface area contributed by atoms with Crippen molar-refractivity contribution in [2.24, 2.45) is 0 Å². The molecule has 4 amide bonds. The summed E-state index contributed by atoms with van der Waals surface area (Å²) in [5, 5.41) is 5.04. The number of nitrogens with zero attached hydrogens (tertiary/aromatic N) is 1. The zero-order valence-corrected chi connectivity index (χ0v) is 16.0. The van der Waals surface area contributed by atoms with Gasteiger partial charge in [-0.15, -0.1) is 0 Å². The van der Waals surface area contributed by atoms with Crippen LogP contribution in [-0.4, -0.2) is 59.7 Å². The number of benzene rings is 1. The Kier molecular flexibility index (Phi) is 6.86. The lowest BCUT2D eigenvalue weighted by Crippen LogP contribution is -2.47. The average Bonchev–Trinajstić information content (AvgIpc) is 2.94. The van der Waals surface area contributed by atoms with Crippen LogP contribution in [0.4, 0.5) is 0 Å². The molecule has 150 valence electrons. The van der Waals surface area contributed by atoms with Gasteiger partial charge in [0, 0.05) is 6.54 Å². The second-order valence-electron chi connectivity index (χ2n) is 6.39. The average molecular weight is 389 g/mol. The normalized spacial score (nSPS) is 14.9. The first-order valence-electron chi connectivity index (χ1n) is 8.98. The Labute approximate surface area is 162 Å². The van der Waals surface area contributed by atoms with E-state index in [-0.39, 0.29) is 17.0 Å². The molecule has 0 fully saturated rings. The highest BCUT2D eigenvalue weighted by molar-refractivity contribution is 6.22. The molecule has 1 aliphatic rings. The van der Waals surface area contributed by atoms with Gasteiger partial charge in [-0.3, -0.25) is 24.1 Å². The molecule has 0 aromatic heterocycles. The Hall–Kier alpha value is -3.23. The molecule has 1 aliphatic heterocycles. The first-order valence-corrected chi connectivity index (χ1v) is 8.98. The molecule has 0 unspecified atom stereocenters. The Balaban J connectivity index is 1.88. The standard InChI is InChI=1S/C19H23N3O6/c1-4-9-20-16(24)11(2)21-15(23)10-28-19(27)12(3)22-17(25)13-7-5-6-8-14(13)18(22)26/h5-8,11-12H,4,9-10H2,1-3H3,(H,20,24)(H,21,23)/t11-,12-/m0/s1. The maximum absolute atomic E-state index is 12.4. The fraction of sp³-hybridized carbons (Fsp3) is 0.421. The van der Waals surface area contributed by atoms with Crippen LogP contribution in [0.3, 0.4) is 0 Å². The van der Waals surface area contributed by atoms with E-state index in [0.29, 0.717) is 6.54 Å². The first kappa shape index (κ1) is 21.1. The van der Waals surface area contributed by atoms with Crippen LogP contribution >= 0.6 is 0 Å². The summed E-state index contributed by atoms with van der Waals surface area (Å²) in [6, 6.07) is 4.28. The van der Waals surface area contributed by atoms with Gasteiger partial charge in [0.25, 0.3) is 17.7 Å². The highest BCUT2D eigenvalue weighted by atomic mass is 16.5. The number of amides is 4. The molecular formula is C19H23N3O6. The SMILES string of the molecule is CCCNC(=O)[C@H](C)NC(=O)COC(=O)[C@H](C)N1C(=O)c2ccccc2C1=O. The maximum Gasteiger partial charge on any atom is 0.329 e. The van der Waals surface area contributed by atoms with Crippen LogP contribution in [0.1, 0.15) is 47.9 Å². The molecule has 0 saturated carbocycles. The summed E-state index contributed by atoms with van der Waals surface area (Å²) in [6.07, 6.45) is 0.764. The highest BCUT2D eigenvalue weighted by Gasteiger charge is 2.41. The van der Waals surface area contributed by atoms with E-state index in [0.717, 1.165) is 11.3 Å². The third-order valence-electron chi connectivity index (χ3n) is 4.22. The Bertz CT molecular complexity index is 772. The number of hydrogen-bond donors (Lipinski definition) is 2. The monoisotopic (exact) mass is 389 g/mol. The summed E-state index contributed by atoms with van der Waals surface area (Å²) in [5.74, 6) is -3.08. The van der Waals surface area contributed by atoms with Gasteiger partial charge >= 0.3 is 5.97 Å². The largest absolute Gasteiger partial charge is 0.454 e. The van der Waals surface area contributed by atoms with Gasteiger partial charge in [-0.25, -0.2) is 4.79 Å². The van der Waals surface area contributed by atoms with Crippen molar-refractivity contribution in [3.63, 3.8) is 0 Å². The third-order valence-corrected chi connectivity index (χ3v) is 4.22. The molecule has 0 radical (unpaired) electrons. The number of ether oxygens (including phenoxy) is 1. The number of hydrogen-bond acceptors (Lipinski definition) is 6. The van der Waals surface area contributed by atoms with Crippen LogP contribution in [0.15, 0.2) is 24.3 Å². The fourth-order valence-corrected chi connectivity index (χ4v) is 2.67. The second-order valence-corrected chi connectivity index (χ2v) is 6.39. The molecule has 1 aromatic carbocycles. The van der Waals surface area contributed by atoms with Crippen molar-refractivity contribution in [3.8, 4) is 0 Å². The van der Waals surface area contributed by atoms with E-state index in [1.54, 1.807) is 12.1 Å². The van der Waals surface area contributed by atoms with Crippen molar-refractivity contribution in [2.75, 3.05) is 13.2 Å². The molecule has 0 aliphatic carbocycles. The summed E-state index contributed by atoms with van der Waals surface area (Å²) in [7, 11) is 0. The summed E-state index contributed by atoms with van der Waals surface area (Å²) in [4.78, 5) is 61.4. The molecule has 0 spiro atoms. The number of imide groups is 1. The van der Waals surface area contributed by atoms with Crippen molar-refractivity contribution < 1.29 is 28.7 Å². The molecule has 9 nitrogen and oxygen atoms in total. The van der Waals surface area contributed by atoms with Crippen LogP contribution < -0.4 is 10.6 Å². The van der Waals surface area contributed by atoms with Crippen LogP contribution in [0.25, 0.3) is 0 Å². The summed E-state index contributed by atoms with van der Waals surface area (Å²) in [5.41, 5.74) is 0.439. The Morgan fingerprint density at radius 2 is 1.64 bits per heavy atom. The smallest absolute Gasteiger partial charge is 0.329 e. The van der Waals surface area contributed by atoms with Crippen molar-refractivity contribution in [1.29, 1.82) is 0 Å². The maximum atomic E-state index is 12.4. The fourth-order valence-electron chi connectivity index (χ4n) is 2.67. The molecule has 0 bridgehead atoms. The van der Waals surface area contributed by atoms with Crippen LogP contribution in [0, 0.1) is 0 Å². The summed E-state index contributed by atoms with van der Waals surface area (Å²) in [6.45, 7) is 4.62. The van der Waals surface area contributed by atoms with Gasteiger partial charge < -0.3 is 15.4 Å². The zero-order valence-electron chi connectivity index (χ0n) is 16.0. The minimum atomic E-state index is -1.19. The summed E-state index contributed by atoms with van der Waals surface area (Å²) < 4.78 is 4.91. The number of nitrogens with one attached hydrogen (secondary N) is 2. The van der Waals surface area contributed by atoms with Crippen LogP contribution in [-0.2, 0) is 19.1 Å². The van der Waals surface area contributed by atoms with Crippen LogP contribution in [0.2, 0.25) is 0 Å². The molecule has 9 heteroatoms. The Morgan fingerprint density at radius 3 is 2.18 bits per heavy atom. The van der Waals surface area contributed by atoms with Gasteiger partial charge in [0.15, 0.2) is 6.61 Å². The van der Waals surface area contributed by atoms with Crippen molar-refractivity contribution in [3.05, 3.63) is 35.4 Å². The van der Waals surface area contributed by atoms with E-state index < -0.39 is 42.4 Å². The van der Waals surface area contributed by atoms with E-state index in [1.165, 1.54) is 26.0 Å². The molecular weight excluding hydrogens is 366 g/mol. The van der Waals surface area contributed by atoms with E-state index in [4.69, 9.17) is 4.74 Å². The van der Waals surface area contributed by atoms with Gasteiger partial charge in [-0.1, -0.05) is 19.1 Å². The van der Waals surface area contributed by atoms with E-state index >= 15 is 0 Å². The topological polar surface area (TPSA) is 122 Å². The number of esters is 1. The predicted molar refractivity (Wildman–Crippen MR) is 98.3 cm³/mol. The minimum absolute atomic E-state index is 0.219.